The average molecular weight is 354 g/mol. The first kappa shape index (κ1) is 17.5. The van der Waals surface area contributed by atoms with Crippen LogP contribution in [0.25, 0.3) is 0 Å². The van der Waals surface area contributed by atoms with Gasteiger partial charge in [0.05, 0.1) is 0 Å². The van der Waals surface area contributed by atoms with Crippen molar-refractivity contribution in [1.82, 2.24) is 9.97 Å². The maximum atomic E-state index is 13.7. The van der Waals surface area contributed by atoms with Crippen molar-refractivity contribution < 1.29 is 13.6 Å². The number of aryl methyl sites for hydroxylation is 2. The number of nitrogens with one attached hydrogen (secondary N) is 2. The molecule has 0 bridgehead atoms. The summed E-state index contributed by atoms with van der Waals surface area (Å²) in [6.07, 6.45) is 1.15. The summed E-state index contributed by atoms with van der Waals surface area (Å²) in [7, 11) is 0. The Labute approximate surface area is 149 Å². The molecule has 0 fully saturated rings. The molecule has 0 saturated carbocycles. The molecule has 1 amide bonds. The minimum atomic E-state index is -0.759. The normalized spacial score (nSPS) is 10.5. The highest BCUT2D eigenvalue weighted by Crippen LogP contribution is 2.22. The molecule has 26 heavy (non-hydrogen) atoms. The maximum Gasteiger partial charge on any atom is 0.274 e. The molecule has 7 heteroatoms. The first-order valence-corrected chi connectivity index (χ1v) is 7.85. The number of carbonyl (C=O) groups is 1. The van der Waals surface area contributed by atoms with E-state index in [1.807, 2.05) is 32.0 Å². The summed E-state index contributed by atoms with van der Waals surface area (Å²) in [5, 5.41) is 5.29. The zero-order valence-electron chi connectivity index (χ0n) is 14.2. The van der Waals surface area contributed by atoms with Crippen molar-refractivity contribution in [3.63, 3.8) is 0 Å². The standard InChI is InChI=1S/C19H16F2N4O/c1-11-6-12(2)8-13(7-11)24-19(26)16-9-17(23-10-22-16)25-18-14(20)4-3-5-15(18)21/h3-10H,1-2H3,(H,24,26)(H,22,23,25). The molecule has 3 aromatic rings. The topological polar surface area (TPSA) is 66.9 Å². The molecule has 1 heterocycles. The van der Waals surface area contributed by atoms with Gasteiger partial charge in [-0.15, -0.1) is 0 Å². The van der Waals surface area contributed by atoms with Gasteiger partial charge in [-0.05, 0) is 49.2 Å². The number of benzene rings is 2. The van der Waals surface area contributed by atoms with Crippen LogP contribution in [0.1, 0.15) is 21.6 Å². The van der Waals surface area contributed by atoms with Crippen LogP contribution in [0, 0.1) is 25.5 Å². The smallest absolute Gasteiger partial charge is 0.274 e. The monoisotopic (exact) mass is 354 g/mol. The Morgan fingerprint density at radius 3 is 2.27 bits per heavy atom. The lowest BCUT2D eigenvalue weighted by Gasteiger charge is -2.10. The number of hydrogen-bond donors (Lipinski definition) is 2. The third-order valence-corrected chi connectivity index (χ3v) is 3.60. The maximum absolute atomic E-state index is 13.7. The number of aromatic nitrogens is 2. The van der Waals surface area contributed by atoms with Gasteiger partial charge in [-0.3, -0.25) is 4.79 Å². The molecule has 1 aromatic heterocycles. The quantitative estimate of drug-likeness (QED) is 0.730. The van der Waals surface area contributed by atoms with E-state index in [9.17, 15) is 13.6 Å². The first-order valence-electron chi connectivity index (χ1n) is 7.85. The van der Waals surface area contributed by atoms with E-state index in [0.29, 0.717) is 5.69 Å². The molecule has 0 aliphatic carbocycles. The zero-order valence-corrected chi connectivity index (χ0v) is 14.2. The van der Waals surface area contributed by atoms with Gasteiger partial charge in [0.25, 0.3) is 5.91 Å². The van der Waals surface area contributed by atoms with Crippen LogP contribution in [-0.2, 0) is 0 Å². The minimum absolute atomic E-state index is 0.0680. The molecule has 3 rings (SSSR count). The van der Waals surface area contributed by atoms with E-state index in [0.717, 1.165) is 29.6 Å². The van der Waals surface area contributed by atoms with Gasteiger partial charge in [-0.25, -0.2) is 18.7 Å². The van der Waals surface area contributed by atoms with Crippen LogP contribution >= 0.6 is 0 Å². The third-order valence-electron chi connectivity index (χ3n) is 3.60. The van der Waals surface area contributed by atoms with E-state index in [4.69, 9.17) is 0 Å². The van der Waals surface area contributed by atoms with Gasteiger partial charge in [0.2, 0.25) is 0 Å². The Bertz CT molecular complexity index is 935. The highest BCUT2D eigenvalue weighted by Gasteiger charge is 2.13. The predicted octanol–water partition coefficient (Wildman–Crippen LogP) is 4.37. The third kappa shape index (κ3) is 4.00. The van der Waals surface area contributed by atoms with Crippen LogP contribution in [0.2, 0.25) is 0 Å². The van der Waals surface area contributed by atoms with Gasteiger partial charge in [-0.1, -0.05) is 12.1 Å². The highest BCUT2D eigenvalue weighted by molar-refractivity contribution is 6.03. The summed E-state index contributed by atoms with van der Waals surface area (Å²) in [6.45, 7) is 3.86. The van der Waals surface area contributed by atoms with E-state index >= 15 is 0 Å². The van der Waals surface area contributed by atoms with Crippen LogP contribution < -0.4 is 10.6 Å². The van der Waals surface area contributed by atoms with Crippen molar-refractivity contribution in [2.75, 3.05) is 10.6 Å². The fourth-order valence-electron chi connectivity index (χ4n) is 2.54. The molecule has 2 N–H and O–H groups in total. The van der Waals surface area contributed by atoms with Crippen LogP contribution in [0.4, 0.5) is 26.0 Å². The summed E-state index contributed by atoms with van der Waals surface area (Å²) >= 11 is 0. The molecule has 0 aliphatic rings. The lowest BCUT2D eigenvalue weighted by Crippen LogP contribution is -2.14. The Kier molecular flexibility index (Phi) is 4.88. The van der Waals surface area contributed by atoms with E-state index in [1.54, 1.807) is 0 Å². The predicted molar refractivity (Wildman–Crippen MR) is 95.5 cm³/mol. The van der Waals surface area contributed by atoms with E-state index in [2.05, 4.69) is 20.6 Å². The number of para-hydroxylation sites is 1. The van der Waals surface area contributed by atoms with Crippen molar-refractivity contribution >= 4 is 23.1 Å². The van der Waals surface area contributed by atoms with Crippen LogP contribution in [-0.4, -0.2) is 15.9 Å². The lowest BCUT2D eigenvalue weighted by molar-refractivity contribution is 0.102. The van der Waals surface area contributed by atoms with Gasteiger partial charge < -0.3 is 10.6 Å². The number of carbonyl (C=O) groups excluding carboxylic acids is 1. The van der Waals surface area contributed by atoms with Crippen LogP contribution in [0.15, 0.2) is 48.8 Å². The first-order chi connectivity index (χ1) is 12.4. The molecule has 0 radical (unpaired) electrons. The second-order valence-corrected chi connectivity index (χ2v) is 5.84. The fraction of sp³-hybridized carbons (Fsp3) is 0.105. The number of hydrogen-bond acceptors (Lipinski definition) is 4. The molecule has 2 aromatic carbocycles. The SMILES string of the molecule is Cc1cc(C)cc(NC(=O)c2cc(Nc3c(F)cccc3F)ncn2)c1. The Hall–Kier alpha value is -3.35. The number of rotatable bonds is 4. The minimum Gasteiger partial charge on any atom is -0.335 e. The number of amides is 1. The van der Waals surface area contributed by atoms with E-state index < -0.39 is 17.5 Å². The van der Waals surface area contributed by atoms with Gasteiger partial charge in [0.15, 0.2) is 0 Å². The molecular weight excluding hydrogens is 338 g/mol. The number of anilines is 3. The Balaban J connectivity index is 1.81. The summed E-state index contributed by atoms with van der Waals surface area (Å²) in [5.74, 6) is -1.86. The molecule has 0 unspecified atom stereocenters. The molecule has 0 saturated heterocycles. The second-order valence-electron chi connectivity index (χ2n) is 5.84. The van der Waals surface area contributed by atoms with E-state index in [1.165, 1.54) is 12.1 Å². The van der Waals surface area contributed by atoms with Crippen molar-refractivity contribution in [3.05, 3.63) is 77.2 Å². The summed E-state index contributed by atoms with van der Waals surface area (Å²) in [6, 6.07) is 10.5. The highest BCUT2D eigenvalue weighted by atomic mass is 19.1. The number of halogens is 2. The Morgan fingerprint density at radius 2 is 1.62 bits per heavy atom. The largest absolute Gasteiger partial charge is 0.335 e. The molecule has 0 spiro atoms. The molecule has 132 valence electrons. The van der Waals surface area contributed by atoms with Crippen LogP contribution in [0.3, 0.4) is 0 Å². The fourth-order valence-corrected chi connectivity index (χ4v) is 2.54. The van der Waals surface area contributed by atoms with Crippen molar-refractivity contribution in [3.8, 4) is 0 Å². The van der Waals surface area contributed by atoms with Gasteiger partial charge in [0, 0.05) is 11.8 Å². The molecule has 5 nitrogen and oxygen atoms in total. The summed E-state index contributed by atoms with van der Waals surface area (Å²) in [5.41, 5.74) is 2.40. The summed E-state index contributed by atoms with van der Waals surface area (Å²) < 4.78 is 27.5. The Morgan fingerprint density at radius 1 is 0.962 bits per heavy atom. The number of nitrogens with zero attached hydrogens (tertiary/aromatic N) is 2. The van der Waals surface area contributed by atoms with Crippen LogP contribution in [0.5, 0.6) is 0 Å². The average Bonchev–Trinajstić information content (AvgIpc) is 2.57. The van der Waals surface area contributed by atoms with E-state index in [-0.39, 0.29) is 17.2 Å². The molecule has 0 aliphatic heterocycles. The second kappa shape index (κ2) is 7.26. The summed E-state index contributed by atoms with van der Waals surface area (Å²) in [4.78, 5) is 20.2. The van der Waals surface area contributed by atoms with Crippen molar-refractivity contribution in [1.29, 1.82) is 0 Å². The van der Waals surface area contributed by atoms with Gasteiger partial charge in [0.1, 0.15) is 35.2 Å². The van der Waals surface area contributed by atoms with Crippen molar-refractivity contribution in [2.24, 2.45) is 0 Å². The van der Waals surface area contributed by atoms with Gasteiger partial charge in [-0.2, -0.15) is 0 Å². The molecule has 0 atom stereocenters. The van der Waals surface area contributed by atoms with Gasteiger partial charge >= 0.3 is 0 Å². The lowest BCUT2D eigenvalue weighted by atomic mass is 10.1. The molecular formula is C19H16F2N4O. The zero-order chi connectivity index (χ0) is 18.7. The van der Waals surface area contributed by atoms with Crippen molar-refractivity contribution in [2.45, 2.75) is 13.8 Å².